The van der Waals surface area contributed by atoms with Crippen molar-refractivity contribution in [3.05, 3.63) is 16.9 Å². The van der Waals surface area contributed by atoms with Gasteiger partial charge in [0.1, 0.15) is 5.52 Å². The highest BCUT2D eigenvalue weighted by Gasteiger charge is 2.16. The summed E-state index contributed by atoms with van der Waals surface area (Å²) in [6.07, 6.45) is 0.835. The third-order valence-corrected chi connectivity index (χ3v) is 3.63. The summed E-state index contributed by atoms with van der Waals surface area (Å²) in [5.74, 6) is 1.86. The summed E-state index contributed by atoms with van der Waals surface area (Å²) in [7, 11) is 4.86. The number of benzene rings is 1. The fourth-order valence-corrected chi connectivity index (χ4v) is 2.52. The first-order valence-electron chi connectivity index (χ1n) is 6.58. The number of ether oxygens (including phenoxy) is 3. The van der Waals surface area contributed by atoms with Crippen LogP contribution in [0.25, 0.3) is 10.9 Å². The minimum absolute atomic E-state index is 0.573. The van der Waals surface area contributed by atoms with E-state index in [4.69, 9.17) is 32.2 Å². The van der Waals surface area contributed by atoms with Gasteiger partial charge in [-0.3, -0.25) is 4.98 Å². The predicted molar refractivity (Wildman–Crippen MR) is 83.3 cm³/mol. The molecule has 0 spiro atoms. The number of nitrogens with two attached hydrogens (primary N) is 1. The Kier molecular flexibility index (Phi) is 4.98. The quantitative estimate of drug-likeness (QED) is 0.484. The van der Waals surface area contributed by atoms with Gasteiger partial charge in [0.15, 0.2) is 11.5 Å². The molecule has 0 bridgehead atoms. The van der Waals surface area contributed by atoms with E-state index in [1.165, 1.54) is 0 Å². The maximum absolute atomic E-state index is 6.26. The average molecular weight is 310 g/mol. The number of anilines is 1. The number of nitrogen functional groups attached to an aromatic ring is 1. The molecule has 0 saturated carbocycles. The molecule has 0 atom stereocenters. The third-order valence-electron chi connectivity index (χ3n) is 3.31. The number of nitrogens with zero attached hydrogens (tertiary/aromatic N) is 1. The Morgan fingerprint density at radius 3 is 2.48 bits per heavy atom. The molecule has 21 heavy (non-hydrogen) atoms. The average Bonchev–Trinajstić information content (AvgIpc) is 2.49. The minimum Gasteiger partial charge on any atom is -0.493 e. The second kappa shape index (κ2) is 6.73. The molecule has 0 unspecified atom stereocenters. The number of rotatable bonds is 6. The molecule has 0 radical (unpaired) electrons. The molecule has 6 nitrogen and oxygen atoms in total. The summed E-state index contributed by atoms with van der Waals surface area (Å²) in [4.78, 5) is 3.17. The van der Waals surface area contributed by atoms with Crippen LogP contribution in [0.1, 0.15) is 6.42 Å². The Labute approximate surface area is 128 Å². The number of aromatic amines is 1. The van der Waals surface area contributed by atoms with Gasteiger partial charge in [0, 0.05) is 32.3 Å². The lowest BCUT2D eigenvalue weighted by Crippen LogP contribution is -2.40. The van der Waals surface area contributed by atoms with Crippen LogP contribution in [0.3, 0.4) is 0 Å². The second-order valence-corrected chi connectivity index (χ2v) is 4.95. The molecule has 0 aliphatic heterocycles. The molecular weight excluding hydrogens is 290 g/mol. The Morgan fingerprint density at radius 1 is 1.19 bits per heavy atom. The zero-order valence-electron chi connectivity index (χ0n) is 12.4. The normalized spacial score (nSPS) is 10.8. The van der Waals surface area contributed by atoms with Crippen LogP contribution in [0.2, 0.25) is 0 Å². The van der Waals surface area contributed by atoms with Crippen LogP contribution in [0.15, 0.2) is 12.1 Å². The van der Waals surface area contributed by atoms with Gasteiger partial charge in [-0.1, -0.05) is 0 Å². The van der Waals surface area contributed by atoms with E-state index in [9.17, 15) is 0 Å². The summed E-state index contributed by atoms with van der Waals surface area (Å²) in [6, 6.07) is 3.68. The van der Waals surface area contributed by atoms with E-state index in [-0.39, 0.29) is 0 Å². The monoisotopic (exact) mass is 310 g/mol. The van der Waals surface area contributed by atoms with Crippen LogP contribution in [0.4, 0.5) is 5.82 Å². The van der Waals surface area contributed by atoms with E-state index in [1.54, 1.807) is 21.3 Å². The van der Waals surface area contributed by atoms with Crippen molar-refractivity contribution >= 4 is 28.9 Å². The largest absolute Gasteiger partial charge is 0.493 e. The summed E-state index contributed by atoms with van der Waals surface area (Å²) in [5, 5.41) is 0.846. The molecule has 1 aromatic carbocycles. The van der Waals surface area contributed by atoms with Crippen LogP contribution in [-0.4, -0.2) is 32.9 Å². The lowest BCUT2D eigenvalue weighted by Gasteiger charge is -2.11. The minimum atomic E-state index is 0.573. The molecule has 0 amide bonds. The fraction of sp³-hybridized carbons (Fsp3) is 0.429. The fourth-order valence-electron chi connectivity index (χ4n) is 2.22. The highest BCUT2D eigenvalue weighted by atomic mass is 32.1. The van der Waals surface area contributed by atoms with Crippen molar-refractivity contribution in [3.8, 4) is 11.5 Å². The summed E-state index contributed by atoms with van der Waals surface area (Å²) in [5.41, 5.74) is 7.07. The zero-order chi connectivity index (χ0) is 15.4. The van der Waals surface area contributed by atoms with Gasteiger partial charge in [-0.15, -0.1) is 0 Å². The van der Waals surface area contributed by atoms with Crippen molar-refractivity contribution in [2.45, 2.75) is 13.0 Å². The predicted octanol–water partition coefficient (Wildman–Crippen LogP) is 1.82. The van der Waals surface area contributed by atoms with E-state index < -0.39 is 0 Å². The van der Waals surface area contributed by atoms with Crippen LogP contribution >= 0.6 is 12.2 Å². The molecule has 0 aliphatic rings. The number of aromatic nitrogens is 2. The van der Waals surface area contributed by atoms with E-state index >= 15 is 0 Å². The smallest absolute Gasteiger partial charge is 0.295 e. The number of hydrogen-bond acceptors (Lipinski definition) is 5. The van der Waals surface area contributed by atoms with Crippen LogP contribution in [-0.2, 0) is 11.3 Å². The maximum Gasteiger partial charge on any atom is 0.295 e. The van der Waals surface area contributed by atoms with Gasteiger partial charge in [-0.25, -0.2) is 4.57 Å². The van der Waals surface area contributed by atoms with E-state index in [2.05, 4.69) is 4.98 Å². The van der Waals surface area contributed by atoms with Crippen molar-refractivity contribution in [1.82, 2.24) is 4.98 Å². The standard InChI is InChI=1S/C14H19N3O3S/c1-18-6-4-5-17-13(15)9-7-11(19-2)12(20-3)8-10(9)16-14(17)21/h7-8H,4-6H2,1-3H3,(H2,15,16,21)/p+1. The molecule has 0 aliphatic carbocycles. The number of fused-ring (bicyclic) bond motifs is 1. The second-order valence-electron chi connectivity index (χ2n) is 4.57. The van der Waals surface area contributed by atoms with Crippen molar-refractivity contribution < 1.29 is 18.8 Å². The molecule has 1 aromatic heterocycles. The third kappa shape index (κ3) is 3.08. The molecule has 0 fully saturated rings. The lowest BCUT2D eigenvalue weighted by molar-refractivity contribution is -0.691. The van der Waals surface area contributed by atoms with Gasteiger partial charge in [0.25, 0.3) is 4.77 Å². The summed E-state index contributed by atoms with van der Waals surface area (Å²) >= 11 is 5.37. The molecule has 2 rings (SSSR count). The van der Waals surface area contributed by atoms with Gasteiger partial charge in [0.2, 0.25) is 5.82 Å². The Hall–Kier alpha value is -1.86. The highest BCUT2D eigenvalue weighted by Crippen LogP contribution is 2.32. The van der Waals surface area contributed by atoms with E-state index in [0.717, 1.165) is 17.3 Å². The molecule has 0 saturated heterocycles. The van der Waals surface area contributed by atoms with Crippen molar-refractivity contribution in [1.29, 1.82) is 0 Å². The van der Waals surface area contributed by atoms with Crippen LogP contribution in [0.5, 0.6) is 11.5 Å². The van der Waals surface area contributed by atoms with Crippen molar-refractivity contribution in [2.75, 3.05) is 33.7 Å². The molecule has 1 heterocycles. The van der Waals surface area contributed by atoms with E-state index in [0.29, 0.717) is 35.2 Å². The molecule has 114 valence electrons. The first-order valence-corrected chi connectivity index (χ1v) is 6.99. The summed E-state index contributed by atoms with van der Waals surface area (Å²) < 4.78 is 18.1. The summed E-state index contributed by atoms with van der Waals surface area (Å²) in [6.45, 7) is 1.35. The van der Waals surface area contributed by atoms with Gasteiger partial charge < -0.3 is 19.9 Å². The first kappa shape index (κ1) is 15.5. The van der Waals surface area contributed by atoms with Crippen molar-refractivity contribution in [3.63, 3.8) is 0 Å². The van der Waals surface area contributed by atoms with Gasteiger partial charge in [0.05, 0.1) is 26.2 Å². The van der Waals surface area contributed by atoms with Gasteiger partial charge in [-0.2, -0.15) is 0 Å². The van der Waals surface area contributed by atoms with Crippen LogP contribution in [0, 0.1) is 4.77 Å². The van der Waals surface area contributed by atoms with Gasteiger partial charge in [-0.05, 0) is 12.2 Å². The molecule has 2 aromatic rings. The molecular formula is C14H20N3O3S+. The molecule has 3 N–H and O–H groups in total. The number of nitrogens with one attached hydrogen (secondary N) is 1. The molecule has 7 heteroatoms. The zero-order valence-corrected chi connectivity index (χ0v) is 13.3. The Balaban J connectivity index is 2.56. The topological polar surface area (TPSA) is 73.4 Å². The van der Waals surface area contributed by atoms with Crippen molar-refractivity contribution in [2.24, 2.45) is 0 Å². The lowest BCUT2D eigenvalue weighted by atomic mass is 10.2. The number of H-pyrrole nitrogens is 1. The van der Waals surface area contributed by atoms with E-state index in [1.807, 2.05) is 16.7 Å². The Morgan fingerprint density at radius 2 is 1.86 bits per heavy atom. The SMILES string of the molecule is COCCC[n+]1c(N)c2cc(OC)c(OC)cc2[nH]c1=S. The Bertz CT molecular complexity index is 700. The first-order chi connectivity index (χ1) is 10.1. The van der Waals surface area contributed by atoms with Crippen LogP contribution < -0.4 is 19.8 Å². The number of methoxy groups -OCH3 is 3. The maximum atomic E-state index is 6.26. The number of hydrogen-bond donors (Lipinski definition) is 2. The van der Waals surface area contributed by atoms with Gasteiger partial charge >= 0.3 is 0 Å². The highest BCUT2D eigenvalue weighted by molar-refractivity contribution is 7.71.